The van der Waals surface area contributed by atoms with Crippen molar-refractivity contribution in [1.82, 2.24) is 0 Å². The summed E-state index contributed by atoms with van der Waals surface area (Å²) in [5, 5.41) is 40.6. The Balaban J connectivity index is 1.83. The molecule has 1 aromatic heterocycles. The Morgan fingerprint density at radius 2 is 1.74 bits per heavy atom. The summed E-state index contributed by atoms with van der Waals surface area (Å²) >= 11 is 6.30. The van der Waals surface area contributed by atoms with E-state index in [0.29, 0.717) is 21.9 Å². The summed E-state index contributed by atoms with van der Waals surface area (Å²) < 4.78 is 16.5. The van der Waals surface area contributed by atoms with E-state index in [1.807, 2.05) is 0 Å². The molecule has 0 unspecified atom stereocenters. The molecule has 1 aliphatic heterocycles. The molecule has 9 nitrogen and oxygen atoms in total. The maximum atomic E-state index is 13.1. The quantitative estimate of drug-likeness (QED) is 0.184. The monoisotopic (exact) mass is 496 g/mol. The predicted molar refractivity (Wildman–Crippen MR) is 125 cm³/mol. The van der Waals surface area contributed by atoms with Crippen LogP contribution in [-0.4, -0.2) is 33.5 Å². The number of hydrogen-bond donors (Lipinski definition) is 4. The smallest absolute Gasteiger partial charge is 0.312 e. The normalized spacial score (nSPS) is 15.0. The van der Waals surface area contributed by atoms with Gasteiger partial charge >= 0.3 is 5.97 Å². The van der Waals surface area contributed by atoms with Gasteiger partial charge in [0, 0.05) is 23.1 Å². The third kappa shape index (κ3) is 3.57. The molecule has 10 heteroatoms. The Kier molecular flexibility index (Phi) is 5.21. The van der Waals surface area contributed by atoms with Crippen LogP contribution < -0.4 is 14.9 Å². The first-order valence-electron chi connectivity index (χ1n) is 10.3. The molecule has 0 saturated carbocycles. The van der Waals surface area contributed by atoms with Crippen molar-refractivity contribution in [3.8, 4) is 45.8 Å². The SMILES string of the molecule is COc1ccc([C@H]2CC(=O)Oc3cc(O)c4c(=O)c(O)c(-c5ccc(O)c(O)c5)oc4c32)cc1Cl. The molecule has 0 amide bonds. The van der Waals surface area contributed by atoms with Crippen LogP contribution in [0.3, 0.4) is 0 Å². The standard InChI is InChI=1S/C25H17ClO9/c1-33-17-5-3-10(6-13(17)26)12-8-19(30)34-18-9-16(29)21-22(31)23(32)24(35-25(21)20(12)18)11-2-4-14(27)15(28)7-11/h2-7,9,12,27-29,32H,8H2,1H3/t12-/m1/s1. The molecule has 2 heterocycles. The largest absolute Gasteiger partial charge is 0.507 e. The molecule has 5 rings (SSSR count). The molecule has 0 fully saturated rings. The Morgan fingerprint density at radius 3 is 2.43 bits per heavy atom. The zero-order valence-corrected chi connectivity index (χ0v) is 18.8. The molecule has 3 aromatic carbocycles. The number of benzene rings is 3. The molecular formula is C25H17ClO9. The molecule has 4 N–H and O–H groups in total. The van der Waals surface area contributed by atoms with Crippen molar-refractivity contribution in [2.45, 2.75) is 12.3 Å². The van der Waals surface area contributed by atoms with Crippen molar-refractivity contribution in [3.63, 3.8) is 0 Å². The number of esters is 1. The number of rotatable bonds is 3. The number of halogens is 1. The van der Waals surface area contributed by atoms with Gasteiger partial charge in [0.25, 0.3) is 0 Å². The van der Waals surface area contributed by atoms with Crippen molar-refractivity contribution >= 4 is 28.5 Å². The van der Waals surface area contributed by atoms with E-state index in [1.54, 1.807) is 18.2 Å². The molecule has 1 aliphatic rings. The number of carbonyl (C=O) groups is 1. The highest BCUT2D eigenvalue weighted by Gasteiger charge is 2.34. The third-order valence-corrected chi connectivity index (χ3v) is 6.18. The van der Waals surface area contributed by atoms with E-state index in [0.717, 1.165) is 18.2 Å². The average Bonchev–Trinajstić information content (AvgIpc) is 2.82. The van der Waals surface area contributed by atoms with Gasteiger partial charge in [-0.1, -0.05) is 17.7 Å². The predicted octanol–water partition coefficient (Wildman–Crippen LogP) is 4.39. The molecule has 35 heavy (non-hydrogen) atoms. The molecule has 0 radical (unpaired) electrons. The number of ether oxygens (including phenoxy) is 2. The summed E-state index contributed by atoms with van der Waals surface area (Å²) in [6.07, 6.45) is -0.116. The molecule has 1 atom stereocenters. The lowest BCUT2D eigenvalue weighted by atomic mass is 9.85. The van der Waals surface area contributed by atoms with Crippen LogP contribution in [0.25, 0.3) is 22.3 Å². The van der Waals surface area contributed by atoms with Crippen molar-refractivity contribution in [1.29, 1.82) is 0 Å². The van der Waals surface area contributed by atoms with E-state index < -0.39 is 40.3 Å². The van der Waals surface area contributed by atoms with Crippen molar-refractivity contribution in [3.05, 3.63) is 68.8 Å². The van der Waals surface area contributed by atoms with Crippen molar-refractivity contribution in [2.24, 2.45) is 0 Å². The number of aromatic hydroxyl groups is 4. The zero-order valence-electron chi connectivity index (χ0n) is 18.0. The first kappa shape index (κ1) is 22.4. The number of fused-ring (bicyclic) bond motifs is 3. The summed E-state index contributed by atoms with van der Waals surface area (Å²) in [4.78, 5) is 25.5. The van der Waals surface area contributed by atoms with Crippen LogP contribution in [0.5, 0.6) is 34.5 Å². The van der Waals surface area contributed by atoms with Gasteiger partial charge < -0.3 is 34.3 Å². The fourth-order valence-corrected chi connectivity index (χ4v) is 4.49. The highest BCUT2D eigenvalue weighted by molar-refractivity contribution is 6.32. The second-order valence-electron chi connectivity index (χ2n) is 7.95. The van der Waals surface area contributed by atoms with E-state index in [2.05, 4.69) is 0 Å². The Hall–Kier alpha value is -4.37. The Bertz CT molecular complexity index is 1590. The van der Waals surface area contributed by atoms with Crippen LogP contribution in [0, 0.1) is 0 Å². The highest BCUT2D eigenvalue weighted by atomic mass is 35.5. The highest BCUT2D eigenvalue weighted by Crippen LogP contribution is 2.48. The zero-order chi connectivity index (χ0) is 25.0. The topological polar surface area (TPSA) is 147 Å². The minimum Gasteiger partial charge on any atom is -0.507 e. The average molecular weight is 497 g/mol. The van der Waals surface area contributed by atoms with E-state index >= 15 is 0 Å². The first-order valence-corrected chi connectivity index (χ1v) is 10.7. The summed E-state index contributed by atoms with van der Waals surface area (Å²) in [5.41, 5.74) is -0.0710. The van der Waals surface area contributed by atoms with Gasteiger partial charge in [-0.2, -0.15) is 0 Å². The molecule has 0 aliphatic carbocycles. The summed E-state index contributed by atoms with van der Waals surface area (Å²) in [6.45, 7) is 0. The van der Waals surface area contributed by atoms with Gasteiger partial charge in [-0.25, -0.2) is 0 Å². The second kappa shape index (κ2) is 8.14. The fraction of sp³-hybridized carbons (Fsp3) is 0.120. The Labute approximate surface area is 202 Å². The Morgan fingerprint density at radius 1 is 0.971 bits per heavy atom. The second-order valence-corrected chi connectivity index (χ2v) is 8.36. The summed E-state index contributed by atoms with van der Waals surface area (Å²) in [7, 11) is 1.47. The lowest BCUT2D eigenvalue weighted by Gasteiger charge is -2.26. The summed E-state index contributed by atoms with van der Waals surface area (Å²) in [6, 6.07) is 9.67. The number of methoxy groups -OCH3 is 1. The minimum atomic E-state index is -0.933. The summed E-state index contributed by atoms with van der Waals surface area (Å²) in [5.74, 6) is -3.42. The van der Waals surface area contributed by atoms with Gasteiger partial charge in [-0.3, -0.25) is 9.59 Å². The van der Waals surface area contributed by atoms with Gasteiger partial charge in [0.1, 0.15) is 28.2 Å². The van der Waals surface area contributed by atoms with Crippen molar-refractivity contribution < 1.29 is 39.1 Å². The van der Waals surface area contributed by atoms with E-state index in [9.17, 15) is 30.0 Å². The minimum absolute atomic E-state index is 0.0171. The molecule has 0 bridgehead atoms. The van der Waals surface area contributed by atoms with E-state index in [-0.39, 0.29) is 34.5 Å². The number of carbonyl (C=O) groups excluding carboxylic acids is 1. The van der Waals surface area contributed by atoms with Gasteiger partial charge in [0.15, 0.2) is 17.3 Å². The number of hydrogen-bond acceptors (Lipinski definition) is 9. The van der Waals surface area contributed by atoms with Gasteiger partial charge in [-0.15, -0.1) is 0 Å². The molecule has 4 aromatic rings. The van der Waals surface area contributed by atoms with Gasteiger partial charge in [0.05, 0.1) is 18.6 Å². The first-order chi connectivity index (χ1) is 16.7. The maximum absolute atomic E-state index is 13.1. The van der Waals surface area contributed by atoms with E-state index in [4.69, 9.17) is 25.5 Å². The lowest BCUT2D eigenvalue weighted by molar-refractivity contribution is -0.135. The lowest BCUT2D eigenvalue weighted by Crippen LogP contribution is -2.22. The van der Waals surface area contributed by atoms with Crippen LogP contribution in [0.15, 0.2) is 51.7 Å². The van der Waals surface area contributed by atoms with Gasteiger partial charge in [-0.05, 0) is 35.9 Å². The molecule has 0 spiro atoms. The third-order valence-electron chi connectivity index (χ3n) is 5.88. The van der Waals surface area contributed by atoms with Crippen LogP contribution in [0.4, 0.5) is 0 Å². The van der Waals surface area contributed by atoms with Crippen LogP contribution >= 0.6 is 11.6 Å². The molecule has 178 valence electrons. The van der Waals surface area contributed by atoms with Crippen LogP contribution in [-0.2, 0) is 4.79 Å². The fourth-order valence-electron chi connectivity index (χ4n) is 4.23. The van der Waals surface area contributed by atoms with Crippen molar-refractivity contribution in [2.75, 3.05) is 7.11 Å². The molecule has 0 saturated heterocycles. The maximum Gasteiger partial charge on any atom is 0.312 e. The van der Waals surface area contributed by atoms with Gasteiger partial charge in [0.2, 0.25) is 11.2 Å². The number of phenolic OH excluding ortho intramolecular Hbond substituents is 3. The van der Waals surface area contributed by atoms with Crippen LogP contribution in [0.2, 0.25) is 5.02 Å². The number of phenols is 3. The van der Waals surface area contributed by atoms with E-state index in [1.165, 1.54) is 13.2 Å². The van der Waals surface area contributed by atoms with Crippen LogP contribution in [0.1, 0.15) is 23.5 Å². The molecular weight excluding hydrogens is 480 g/mol.